The van der Waals surface area contributed by atoms with E-state index in [0.29, 0.717) is 11.3 Å². The molecule has 2 aromatic carbocycles. The van der Waals surface area contributed by atoms with Crippen LogP contribution in [0.15, 0.2) is 54.6 Å². The van der Waals surface area contributed by atoms with Crippen LogP contribution in [0, 0.1) is 16.7 Å². The van der Waals surface area contributed by atoms with Gasteiger partial charge in [0.2, 0.25) is 11.8 Å². The maximum absolute atomic E-state index is 13.2. The number of carbonyl (C=O) groups is 3. The maximum Gasteiger partial charge on any atom is 0.257 e. The lowest BCUT2D eigenvalue weighted by atomic mass is 9.91. The lowest BCUT2D eigenvalue weighted by Gasteiger charge is -2.30. The second-order valence-corrected chi connectivity index (χ2v) is 8.69. The molecule has 1 saturated heterocycles. The van der Waals surface area contributed by atoms with Gasteiger partial charge >= 0.3 is 0 Å². The zero-order valence-corrected chi connectivity index (χ0v) is 17.5. The van der Waals surface area contributed by atoms with Crippen molar-refractivity contribution < 1.29 is 14.4 Å². The Morgan fingerprint density at radius 1 is 1.10 bits per heavy atom. The molecule has 1 aliphatic rings. The zero-order chi connectivity index (χ0) is 21.9. The predicted molar refractivity (Wildman–Crippen MR) is 113 cm³/mol. The quantitative estimate of drug-likeness (QED) is 0.714. The summed E-state index contributed by atoms with van der Waals surface area (Å²) < 4.78 is 0. The minimum absolute atomic E-state index is 0.0540. The highest BCUT2D eigenvalue weighted by Gasteiger charge is 2.44. The number of rotatable bonds is 5. The highest BCUT2D eigenvalue weighted by atomic mass is 16.2. The summed E-state index contributed by atoms with van der Waals surface area (Å²) in [5.41, 5.74) is 1.51. The Morgan fingerprint density at radius 2 is 1.73 bits per heavy atom. The first-order valence-electron chi connectivity index (χ1n) is 9.90. The van der Waals surface area contributed by atoms with E-state index in [2.05, 4.69) is 0 Å². The van der Waals surface area contributed by atoms with Gasteiger partial charge in [0.1, 0.15) is 6.04 Å². The van der Waals surface area contributed by atoms with Crippen LogP contribution in [0.4, 0.5) is 5.69 Å². The van der Waals surface area contributed by atoms with Crippen LogP contribution in [0.2, 0.25) is 0 Å². The van der Waals surface area contributed by atoms with Gasteiger partial charge in [-0.25, -0.2) is 4.90 Å². The van der Waals surface area contributed by atoms with Crippen molar-refractivity contribution >= 4 is 23.4 Å². The number of benzene rings is 2. The van der Waals surface area contributed by atoms with Gasteiger partial charge in [-0.15, -0.1) is 0 Å². The molecule has 154 valence electrons. The monoisotopic (exact) mass is 403 g/mol. The van der Waals surface area contributed by atoms with E-state index in [9.17, 15) is 14.4 Å². The van der Waals surface area contributed by atoms with Crippen molar-refractivity contribution in [2.75, 3.05) is 4.90 Å². The molecule has 2 aromatic rings. The highest BCUT2D eigenvalue weighted by molar-refractivity contribution is 6.23. The summed E-state index contributed by atoms with van der Waals surface area (Å²) in [5, 5.41) is 8.97. The average molecular weight is 403 g/mol. The summed E-state index contributed by atoms with van der Waals surface area (Å²) >= 11 is 0. The Balaban J connectivity index is 1.90. The Bertz CT molecular complexity index is 985. The molecule has 1 aliphatic heterocycles. The van der Waals surface area contributed by atoms with E-state index in [4.69, 9.17) is 5.26 Å². The Morgan fingerprint density at radius 3 is 2.30 bits per heavy atom. The van der Waals surface area contributed by atoms with E-state index >= 15 is 0 Å². The van der Waals surface area contributed by atoms with Crippen molar-refractivity contribution in [3.8, 4) is 6.07 Å². The topological polar surface area (TPSA) is 81.5 Å². The van der Waals surface area contributed by atoms with Crippen molar-refractivity contribution in [1.82, 2.24) is 4.90 Å². The maximum atomic E-state index is 13.2. The molecule has 0 radical (unpaired) electrons. The molecule has 1 atom stereocenters. The fraction of sp³-hybridized carbons (Fsp3) is 0.333. The van der Waals surface area contributed by atoms with Gasteiger partial charge in [0.05, 0.1) is 23.7 Å². The zero-order valence-electron chi connectivity index (χ0n) is 17.5. The number of hydrogen-bond donors (Lipinski definition) is 0. The van der Waals surface area contributed by atoms with E-state index in [1.54, 1.807) is 24.3 Å². The molecular weight excluding hydrogens is 378 g/mol. The Hall–Kier alpha value is -3.46. The van der Waals surface area contributed by atoms with Crippen molar-refractivity contribution in [3.63, 3.8) is 0 Å². The van der Waals surface area contributed by atoms with Gasteiger partial charge in [0.25, 0.3) is 5.91 Å². The first-order valence-corrected chi connectivity index (χ1v) is 9.90. The van der Waals surface area contributed by atoms with Gasteiger partial charge in [-0.2, -0.15) is 5.26 Å². The molecule has 1 fully saturated rings. The number of amides is 3. The number of hydrogen-bond acceptors (Lipinski definition) is 4. The van der Waals surface area contributed by atoms with Crippen LogP contribution in [-0.2, 0) is 20.9 Å². The van der Waals surface area contributed by atoms with E-state index in [1.807, 2.05) is 57.2 Å². The summed E-state index contributed by atoms with van der Waals surface area (Å²) in [6.45, 7) is 6.17. The molecule has 30 heavy (non-hydrogen) atoms. The number of anilines is 1. The molecule has 0 bridgehead atoms. The lowest BCUT2D eigenvalue weighted by Crippen LogP contribution is -2.46. The third kappa shape index (κ3) is 4.74. The molecule has 6 heteroatoms. The fourth-order valence-electron chi connectivity index (χ4n) is 3.52. The summed E-state index contributed by atoms with van der Waals surface area (Å²) in [6, 6.07) is 16.9. The number of carbonyl (C=O) groups excluding carboxylic acids is 3. The molecule has 1 heterocycles. The van der Waals surface area contributed by atoms with Crippen molar-refractivity contribution in [3.05, 3.63) is 65.7 Å². The van der Waals surface area contributed by atoms with E-state index in [0.717, 1.165) is 10.5 Å². The van der Waals surface area contributed by atoms with Crippen LogP contribution in [0.1, 0.15) is 44.7 Å². The minimum atomic E-state index is -0.844. The van der Waals surface area contributed by atoms with Crippen molar-refractivity contribution in [2.45, 2.75) is 46.2 Å². The average Bonchev–Trinajstić information content (AvgIpc) is 2.99. The van der Waals surface area contributed by atoms with E-state index < -0.39 is 11.9 Å². The van der Waals surface area contributed by atoms with E-state index in [-0.39, 0.29) is 36.6 Å². The number of nitriles is 1. The van der Waals surface area contributed by atoms with Crippen LogP contribution < -0.4 is 4.90 Å². The highest BCUT2D eigenvalue weighted by Crippen LogP contribution is 2.29. The summed E-state index contributed by atoms with van der Waals surface area (Å²) in [4.78, 5) is 41.7. The van der Waals surface area contributed by atoms with Gasteiger partial charge in [-0.3, -0.25) is 14.4 Å². The standard InChI is InChI=1S/C24H25N3O3/c1-24(2,3)14-22(29)26(16-18-7-5-4-6-8-18)20-13-21(28)27(23(20)30)19-11-9-17(15-25)10-12-19/h4-12,20H,13-14,16H2,1-3H3. The molecule has 0 aromatic heterocycles. The van der Waals surface area contributed by atoms with Crippen LogP contribution in [0.5, 0.6) is 0 Å². The SMILES string of the molecule is CC(C)(C)CC(=O)N(Cc1ccccc1)C1CC(=O)N(c2ccc(C#N)cc2)C1=O. The summed E-state index contributed by atoms with van der Waals surface area (Å²) in [5.74, 6) is -0.918. The third-order valence-corrected chi connectivity index (χ3v) is 4.95. The molecule has 0 N–H and O–H groups in total. The second-order valence-electron chi connectivity index (χ2n) is 8.69. The van der Waals surface area contributed by atoms with E-state index in [1.165, 1.54) is 4.90 Å². The third-order valence-electron chi connectivity index (χ3n) is 4.95. The van der Waals surface area contributed by atoms with Crippen molar-refractivity contribution in [2.24, 2.45) is 5.41 Å². The second kappa shape index (κ2) is 8.50. The fourth-order valence-corrected chi connectivity index (χ4v) is 3.52. The van der Waals surface area contributed by atoms with Gasteiger partial charge in [-0.05, 0) is 35.2 Å². The lowest BCUT2D eigenvalue weighted by molar-refractivity contribution is -0.140. The van der Waals surface area contributed by atoms with Crippen LogP contribution in [0.25, 0.3) is 0 Å². The van der Waals surface area contributed by atoms with Gasteiger partial charge in [-0.1, -0.05) is 51.1 Å². The molecule has 3 amide bonds. The van der Waals surface area contributed by atoms with Crippen LogP contribution >= 0.6 is 0 Å². The smallest absolute Gasteiger partial charge is 0.257 e. The molecule has 1 unspecified atom stereocenters. The summed E-state index contributed by atoms with van der Waals surface area (Å²) in [7, 11) is 0. The van der Waals surface area contributed by atoms with Gasteiger partial charge < -0.3 is 4.90 Å². The first-order chi connectivity index (χ1) is 14.2. The largest absolute Gasteiger partial charge is 0.326 e. The van der Waals surface area contributed by atoms with Crippen LogP contribution in [-0.4, -0.2) is 28.7 Å². The predicted octanol–water partition coefficient (Wildman–Crippen LogP) is 3.66. The number of imide groups is 1. The van der Waals surface area contributed by atoms with Crippen LogP contribution in [0.3, 0.4) is 0 Å². The normalized spacial score (nSPS) is 16.5. The molecule has 0 aliphatic carbocycles. The molecule has 6 nitrogen and oxygen atoms in total. The van der Waals surface area contributed by atoms with Gasteiger partial charge in [0, 0.05) is 13.0 Å². The van der Waals surface area contributed by atoms with Gasteiger partial charge in [0.15, 0.2) is 0 Å². The Labute approximate surface area is 176 Å². The van der Waals surface area contributed by atoms with Crippen molar-refractivity contribution in [1.29, 1.82) is 5.26 Å². The number of nitrogens with zero attached hydrogens (tertiary/aromatic N) is 3. The minimum Gasteiger partial charge on any atom is -0.326 e. The first kappa shape index (κ1) is 21.3. The molecular formula is C24H25N3O3. The Kier molecular flexibility index (Phi) is 6.02. The summed E-state index contributed by atoms with van der Waals surface area (Å²) in [6.07, 6.45) is 0.218. The molecule has 0 saturated carbocycles. The molecule has 0 spiro atoms. The molecule has 3 rings (SSSR count).